The molecule has 2 heterocycles. The summed E-state index contributed by atoms with van der Waals surface area (Å²) < 4.78 is 6.06. The molecule has 0 saturated carbocycles. The Balaban J connectivity index is 1.41. The molecule has 0 aromatic heterocycles. The Morgan fingerprint density at radius 2 is 1.56 bits per heavy atom. The third-order valence-corrected chi connectivity index (χ3v) is 5.56. The molecule has 27 heavy (non-hydrogen) atoms. The molecule has 0 bridgehead atoms. The van der Waals surface area contributed by atoms with Crippen LogP contribution >= 0.6 is 11.6 Å². The van der Waals surface area contributed by atoms with E-state index in [-0.39, 0.29) is 6.61 Å². The van der Waals surface area contributed by atoms with Gasteiger partial charge in [-0.15, -0.1) is 0 Å². The molecule has 1 N–H and O–H groups in total. The van der Waals surface area contributed by atoms with E-state index in [1.165, 1.54) is 0 Å². The van der Waals surface area contributed by atoms with Crippen LogP contribution in [0.5, 0.6) is 11.5 Å². The summed E-state index contributed by atoms with van der Waals surface area (Å²) in [6.45, 7) is 7.25. The third kappa shape index (κ3) is 4.22. The van der Waals surface area contributed by atoms with Crippen LogP contribution in [0, 0.1) is 0 Å². The molecule has 144 valence electrons. The van der Waals surface area contributed by atoms with Gasteiger partial charge in [-0.25, -0.2) is 0 Å². The SMILES string of the molecule is OCCN1CCN(CCCN2c3ccccc3Oc3ccc(Cl)cc32)CC1. The molecule has 0 spiro atoms. The van der Waals surface area contributed by atoms with E-state index in [2.05, 4.69) is 20.8 Å². The number of ether oxygens (including phenoxy) is 1. The van der Waals surface area contributed by atoms with E-state index in [1.54, 1.807) is 0 Å². The molecule has 0 radical (unpaired) electrons. The fourth-order valence-electron chi connectivity index (χ4n) is 3.87. The van der Waals surface area contributed by atoms with Gasteiger partial charge in [0.25, 0.3) is 0 Å². The van der Waals surface area contributed by atoms with Crippen LogP contribution in [0.2, 0.25) is 5.02 Å². The van der Waals surface area contributed by atoms with Gasteiger partial charge >= 0.3 is 0 Å². The van der Waals surface area contributed by atoms with Crippen LogP contribution in [0.3, 0.4) is 0 Å². The van der Waals surface area contributed by atoms with E-state index in [1.807, 2.05) is 36.4 Å². The van der Waals surface area contributed by atoms with Crippen LogP contribution in [0.4, 0.5) is 11.4 Å². The van der Waals surface area contributed by atoms with Crippen LogP contribution in [-0.2, 0) is 0 Å². The van der Waals surface area contributed by atoms with Crippen molar-refractivity contribution >= 4 is 23.0 Å². The van der Waals surface area contributed by atoms with Crippen LogP contribution < -0.4 is 9.64 Å². The number of hydrogen-bond acceptors (Lipinski definition) is 5. The van der Waals surface area contributed by atoms with Crippen molar-refractivity contribution < 1.29 is 9.84 Å². The summed E-state index contributed by atoms with van der Waals surface area (Å²) in [6, 6.07) is 14.0. The fraction of sp³-hybridized carbons (Fsp3) is 0.429. The summed E-state index contributed by atoms with van der Waals surface area (Å²) in [5, 5.41) is 9.79. The van der Waals surface area contributed by atoms with Gasteiger partial charge in [0.2, 0.25) is 0 Å². The average molecular weight is 388 g/mol. The number of benzene rings is 2. The molecule has 1 fully saturated rings. The lowest BCUT2D eigenvalue weighted by atomic mass is 10.1. The molecule has 2 aliphatic rings. The second kappa shape index (κ2) is 8.48. The number of hydrogen-bond donors (Lipinski definition) is 1. The molecule has 0 amide bonds. The Kier molecular flexibility index (Phi) is 5.83. The molecule has 1 saturated heterocycles. The van der Waals surface area contributed by atoms with Gasteiger partial charge in [0.1, 0.15) is 0 Å². The van der Waals surface area contributed by atoms with Crippen molar-refractivity contribution in [1.29, 1.82) is 0 Å². The summed E-state index contributed by atoms with van der Waals surface area (Å²) in [5.74, 6) is 1.75. The molecule has 6 heteroatoms. The number of para-hydroxylation sites is 2. The maximum absolute atomic E-state index is 9.07. The van der Waals surface area contributed by atoms with Gasteiger partial charge < -0.3 is 19.6 Å². The zero-order chi connectivity index (χ0) is 18.6. The average Bonchev–Trinajstić information content (AvgIpc) is 2.69. The molecule has 0 atom stereocenters. The number of fused-ring (bicyclic) bond motifs is 2. The lowest BCUT2D eigenvalue weighted by molar-refractivity contribution is 0.112. The number of rotatable bonds is 6. The van der Waals surface area contributed by atoms with E-state index in [4.69, 9.17) is 21.4 Å². The van der Waals surface area contributed by atoms with Crippen LogP contribution in [-0.4, -0.2) is 67.3 Å². The maximum atomic E-state index is 9.07. The maximum Gasteiger partial charge on any atom is 0.151 e. The van der Waals surface area contributed by atoms with Gasteiger partial charge in [0, 0.05) is 44.3 Å². The first-order valence-electron chi connectivity index (χ1n) is 9.64. The molecule has 4 rings (SSSR count). The number of aliphatic hydroxyl groups excluding tert-OH is 1. The summed E-state index contributed by atoms with van der Waals surface area (Å²) in [5.41, 5.74) is 2.13. The monoisotopic (exact) mass is 387 g/mol. The highest BCUT2D eigenvalue weighted by Crippen LogP contribution is 2.47. The Labute approximate surface area is 165 Å². The lowest BCUT2D eigenvalue weighted by Gasteiger charge is -2.36. The molecule has 2 aromatic rings. The zero-order valence-electron chi connectivity index (χ0n) is 15.5. The van der Waals surface area contributed by atoms with Gasteiger partial charge in [-0.1, -0.05) is 23.7 Å². The predicted molar refractivity (Wildman–Crippen MR) is 110 cm³/mol. The van der Waals surface area contributed by atoms with Crippen molar-refractivity contribution in [3.05, 3.63) is 47.5 Å². The predicted octanol–water partition coefficient (Wildman–Crippen LogP) is 3.58. The largest absolute Gasteiger partial charge is 0.453 e. The Hall–Kier alpha value is -1.79. The first-order chi connectivity index (χ1) is 13.2. The lowest BCUT2D eigenvalue weighted by Crippen LogP contribution is -2.47. The van der Waals surface area contributed by atoms with E-state index < -0.39 is 0 Å². The van der Waals surface area contributed by atoms with E-state index in [0.717, 1.165) is 80.1 Å². The van der Waals surface area contributed by atoms with E-state index in [9.17, 15) is 0 Å². The van der Waals surface area contributed by atoms with Crippen molar-refractivity contribution in [2.75, 3.05) is 57.3 Å². The van der Waals surface area contributed by atoms with Crippen molar-refractivity contribution in [3.63, 3.8) is 0 Å². The number of halogens is 1. The van der Waals surface area contributed by atoms with Gasteiger partial charge in [-0.05, 0) is 43.3 Å². The second-order valence-electron chi connectivity index (χ2n) is 7.09. The Bertz CT molecular complexity index is 778. The first-order valence-corrected chi connectivity index (χ1v) is 10.0. The zero-order valence-corrected chi connectivity index (χ0v) is 16.2. The van der Waals surface area contributed by atoms with Crippen molar-refractivity contribution in [1.82, 2.24) is 9.80 Å². The minimum Gasteiger partial charge on any atom is -0.453 e. The van der Waals surface area contributed by atoms with E-state index >= 15 is 0 Å². The summed E-state index contributed by atoms with van der Waals surface area (Å²) in [6.07, 6.45) is 1.07. The van der Waals surface area contributed by atoms with Gasteiger partial charge in [-0.2, -0.15) is 0 Å². The second-order valence-corrected chi connectivity index (χ2v) is 7.53. The molecular formula is C21H26ClN3O2. The molecule has 0 unspecified atom stereocenters. The molecule has 0 aliphatic carbocycles. The number of β-amino-alcohol motifs (C(OH)–C–C–N with tert-alkyl or cyclic N) is 1. The molecule has 5 nitrogen and oxygen atoms in total. The number of anilines is 2. The summed E-state index contributed by atoms with van der Waals surface area (Å²) in [4.78, 5) is 7.16. The van der Waals surface area contributed by atoms with Gasteiger partial charge in [0.05, 0.1) is 18.0 Å². The minimum atomic E-state index is 0.248. The number of piperazine rings is 1. The van der Waals surface area contributed by atoms with Gasteiger partial charge in [0.15, 0.2) is 11.5 Å². The smallest absolute Gasteiger partial charge is 0.151 e. The van der Waals surface area contributed by atoms with Crippen LogP contribution in [0.1, 0.15) is 6.42 Å². The third-order valence-electron chi connectivity index (χ3n) is 5.32. The number of aliphatic hydroxyl groups is 1. The van der Waals surface area contributed by atoms with Crippen LogP contribution in [0.25, 0.3) is 0 Å². The Morgan fingerprint density at radius 3 is 2.33 bits per heavy atom. The summed E-state index contributed by atoms with van der Waals surface area (Å²) >= 11 is 6.25. The minimum absolute atomic E-state index is 0.248. The topological polar surface area (TPSA) is 39.2 Å². The van der Waals surface area contributed by atoms with Gasteiger partial charge in [-0.3, -0.25) is 4.90 Å². The van der Waals surface area contributed by atoms with Crippen LogP contribution in [0.15, 0.2) is 42.5 Å². The highest BCUT2D eigenvalue weighted by Gasteiger charge is 2.24. The number of nitrogens with zero attached hydrogens (tertiary/aromatic N) is 3. The standard InChI is InChI=1S/C21H26ClN3O2/c22-17-6-7-21-19(16-17)25(18-4-1-2-5-20(18)27-21)9-3-8-23-10-12-24(13-11-23)14-15-26/h1-2,4-7,16,26H,3,8-15H2. The van der Waals surface area contributed by atoms with Crippen molar-refractivity contribution in [3.8, 4) is 11.5 Å². The van der Waals surface area contributed by atoms with Crippen molar-refractivity contribution in [2.24, 2.45) is 0 Å². The summed E-state index contributed by atoms with van der Waals surface area (Å²) in [7, 11) is 0. The molecule has 2 aromatic carbocycles. The normalized spacial score (nSPS) is 17.3. The van der Waals surface area contributed by atoms with Crippen molar-refractivity contribution in [2.45, 2.75) is 6.42 Å². The molecular weight excluding hydrogens is 362 g/mol. The fourth-order valence-corrected chi connectivity index (χ4v) is 4.04. The first kappa shape index (κ1) is 18.6. The Morgan fingerprint density at radius 1 is 0.852 bits per heavy atom. The quantitative estimate of drug-likeness (QED) is 0.820. The molecule has 2 aliphatic heterocycles. The van der Waals surface area contributed by atoms with E-state index in [0.29, 0.717) is 0 Å². The highest BCUT2D eigenvalue weighted by molar-refractivity contribution is 6.31. The highest BCUT2D eigenvalue weighted by atomic mass is 35.5.